The molecular weight excluding hydrogens is 501 g/mol. The van der Waals surface area contributed by atoms with E-state index in [0.29, 0.717) is 66.9 Å². The van der Waals surface area contributed by atoms with Crippen LogP contribution >= 0.6 is 11.6 Å². The quantitative estimate of drug-likeness (QED) is 0.369. The summed E-state index contributed by atoms with van der Waals surface area (Å²) in [7, 11) is 0. The molecule has 0 unspecified atom stereocenters. The first-order valence-electron chi connectivity index (χ1n) is 13.6. The van der Waals surface area contributed by atoms with Gasteiger partial charge in [0.15, 0.2) is 6.29 Å². The van der Waals surface area contributed by atoms with Crippen molar-refractivity contribution in [2.24, 2.45) is 29.6 Å². The second kappa shape index (κ2) is 11.5. The zero-order valence-electron chi connectivity index (χ0n) is 21.3. The van der Waals surface area contributed by atoms with Crippen molar-refractivity contribution in [1.29, 1.82) is 0 Å². The first-order chi connectivity index (χ1) is 17.8. The SMILES string of the molecule is CC1CCC(C2COC(C3CCC(C(F)(F)Oc4ccc(-c5ccc(Cl)cc5)c(F)c4)CC3)OC2)CC1. The molecular formula is C30H36ClF3O3. The summed E-state index contributed by atoms with van der Waals surface area (Å²) in [5, 5.41) is 0.540. The topological polar surface area (TPSA) is 27.7 Å². The first kappa shape index (κ1) is 26.8. The maximum Gasteiger partial charge on any atom is 0.400 e. The molecule has 3 aliphatic rings. The van der Waals surface area contributed by atoms with Crippen molar-refractivity contribution in [3.8, 4) is 16.9 Å². The molecule has 37 heavy (non-hydrogen) atoms. The van der Waals surface area contributed by atoms with Crippen molar-refractivity contribution >= 4 is 11.6 Å². The Kier molecular flexibility index (Phi) is 8.37. The predicted octanol–water partition coefficient (Wildman–Crippen LogP) is 8.74. The third kappa shape index (κ3) is 6.46. The third-order valence-corrected chi connectivity index (χ3v) is 8.91. The van der Waals surface area contributed by atoms with Gasteiger partial charge in [-0.05, 0) is 80.2 Å². The second-order valence-corrected chi connectivity index (χ2v) is 11.7. The molecule has 2 saturated carbocycles. The number of rotatable bonds is 6. The van der Waals surface area contributed by atoms with Crippen LogP contribution in [0.1, 0.15) is 58.3 Å². The Bertz CT molecular complexity index is 1020. The van der Waals surface area contributed by atoms with E-state index in [2.05, 4.69) is 6.92 Å². The van der Waals surface area contributed by atoms with Gasteiger partial charge in [0.2, 0.25) is 0 Å². The molecule has 0 atom stereocenters. The number of halogens is 4. The van der Waals surface area contributed by atoms with Gasteiger partial charge >= 0.3 is 6.11 Å². The smallest absolute Gasteiger partial charge is 0.400 e. The lowest BCUT2D eigenvalue weighted by atomic mass is 9.76. The summed E-state index contributed by atoms with van der Waals surface area (Å²) in [6.07, 6.45) is 3.21. The molecule has 0 amide bonds. The molecule has 2 aromatic rings. The normalized spacial score (nSPS) is 31.2. The summed E-state index contributed by atoms with van der Waals surface area (Å²) in [5.41, 5.74) is 0.922. The van der Waals surface area contributed by atoms with Crippen molar-refractivity contribution in [2.45, 2.75) is 70.7 Å². The van der Waals surface area contributed by atoms with Crippen LogP contribution in [0.25, 0.3) is 11.1 Å². The molecule has 202 valence electrons. The van der Waals surface area contributed by atoms with E-state index in [0.717, 1.165) is 12.0 Å². The highest BCUT2D eigenvalue weighted by Gasteiger charge is 2.46. The van der Waals surface area contributed by atoms with Gasteiger partial charge in [0.1, 0.15) is 11.6 Å². The van der Waals surface area contributed by atoms with Crippen molar-refractivity contribution in [3.63, 3.8) is 0 Å². The van der Waals surface area contributed by atoms with Gasteiger partial charge in [0.05, 0.1) is 19.1 Å². The zero-order chi connectivity index (χ0) is 26.0. The van der Waals surface area contributed by atoms with Gasteiger partial charge < -0.3 is 14.2 Å². The number of hydrogen-bond acceptors (Lipinski definition) is 3. The Morgan fingerprint density at radius 1 is 0.811 bits per heavy atom. The number of hydrogen-bond donors (Lipinski definition) is 0. The Hall–Kier alpha value is -1.76. The van der Waals surface area contributed by atoms with Crippen molar-refractivity contribution in [2.75, 3.05) is 13.2 Å². The maximum absolute atomic E-state index is 15.0. The van der Waals surface area contributed by atoms with Gasteiger partial charge in [0, 0.05) is 28.5 Å². The molecule has 1 saturated heterocycles. The average molecular weight is 537 g/mol. The first-order valence-corrected chi connectivity index (χ1v) is 14.0. The van der Waals surface area contributed by atoms with Crippen LogP contribution in [0, 0.1) is 35.4 Å². The minimum atomic E-state index is -3.38. The Balaban J connectivity index is 1.11. The highest BCUT2D eigenvalue weighted by molar-refractivity contribution is 6.30. The molecule has 0 aromatic heterocycles. The Morgan fingerprint density at radius 2 is 1.43 bits per heavy atom. The van der Waals surface area contributed by atoms with E-state index < -0.39 is 17.8 Å². The minimum Gasteiger partial charge on any atom is -0.432 e. The molecule has 3 nitrogen and oxygen atoms in total. The van der Waals surface area contributed by atoms with E-state index in [4.69, 9.17) is 25.8 Å². The van der Waals surface area contributed by atoms with E-state index in [1.807, 2.05) is 0 Å². The van der Waals surface area contributed by atoms with Crippen molar-refractivity contribution in [1.82, 2.24) is 0 Å². The predicted molar refractivity (Wildman–Crippen MR) is 138 cm³/mol. The van der Waals surface area contributed by atoms with E-state index in [-0.39, 0.29) is 18.0 Å². The summed E-state index contributed by atoms with van der Waals surface area (Å²) in [5.74, 6) is 0.341. The van der Waals surface area contributed by atoms with Crippen LogP contribution in [0.2, 0.25) is 5.02 Å². The van der Waals surface area contributed by atoms with Crippen molar-refractivity contribution in [3.05, 3.63) is 53.3 Å². The van der Waals surface area contributed by atoms with Gasteiger partial charge in [-0.15, -0.1) is 0 Å². The summed E-state index contributed by atoms with van der Waals surface area (Å²) >= 11 is 5.89. The second-order valence-electron chi connectivity index (χ2n) is 11.2. The highest BCUT2D eigenvalue weighted by atomic mass is 35.5. The fraction of sp³-hybridized carbons (Fsp3) is 0.600. The molecule has 1 heterocycles. The highest BCUT2D eigenvalue weighted by Crippen LogP contribution is 2.43. The van der Waals surface area contributed by atoms with E-state index in [1.165, 1.54) is 37.8 Å². The molecule has 1 aliphatic heterocycles. The molecule has 2 aromatic carbocycles. The van der Waals surface area contributed by atoms with Gasteiger partial charge in [-0.2, -0.15) is 8.78 Å². The number of ether oxygens (including phenoxy) is 3. The van der Waals surface area contributed by atoms with Gasteiger partial charge in [-0.1, -0.05) is 43.5 Å². The standard InChI is InChI=1S/C30H36ClF3O3/c1-19-2-4-20(5-3-19)23-17-35-29(36-18-23)22-6-10-24(11-7-22)30(33,34)37-26-14-15-27(28(32)16-26)21-8-12-25(31)13-9-21/h8-9,12-16,19-20,22-24,29H,2-7,10-11,17-18H2,1H3. The third-order valence-electron chi connectivity index (χ3n) is 8.66. The summed E-state index contributed by atoms with van der Waals surface area (Å²) in [6, 6.07) is 10.6. The minimum absolute atomic E-state index is 0.121. The van der Waals surface area contributed by atoms with Crippen LogP contribution in [0.3, 0.4) is 0 Å². The molecule has 0 spiro atoms. The van der Waals surface area contributed by atoms with Crippen LogP contribution in [-0.2, 0) is 9.47 Å². The Morgan fingerprint density at radius 3 is 2.05 bits per heavy atom. The van der Waals surface area contributed by atoms with Crippen LogP contribution < -0.4 is 4.74 Å². The van der Waals surface area contributed by atoms with E-state index in [9.17, 15) is 4.39 Å². The number of benzene rings is 2. The van der Waals surface area contributed by atoms with Crippen LogP contribution in [0.4, 0.5) is 13.2 Å². The molecule has 5 rings (SSSR count). The average Bonchev–Trinajstić information content (AvgIpc) is 2.90. The monoisotopic (exact) mass is 536 g/mol. The summed E-state index contributed by atoms with van der Waals surface area (Å²) < 4.78 is 62.0. The molecule has 0 bridgehead atoms. The fourth-order valence-electron chi connectivity index (χ4n) is 6.23. The Labute approximate surface area is 222 Å². The van der Waals surface area contributed by atoms with Crippen LogP contribution in [0.5, 0.6) is 5.75 Å². The zero-order valence-corrected chi connectivity index (χ0v) is 22.1. The number of alkyl halides is 2. The van der Waals surface area contributed by atoms with Gasteiger partial charge in [0.25, 0.3) is 0 Å². The van der Waals surface area contributed by atoms with Crippen molar-refractivity contribution < 1.29 is 27.4 Å². The van der Waals surface area contributed by atoms with Gasteiger partial charge in [-0.3, -0.25) is 0 Å². The molecule has 7 heteroatoms. The molecule has 0 N–H and O–H groups in total. The fourth-order valence-corrected chi connectivity index (χ4v) is 6.35. The van der Waals surface area contributed by atoms with E-state index in [1.54, 1.807) is 24.3 Å². The lowest BCUT2D eigenvalue weighted by Gasteiger charge is -2.41. The largest absolute Gasteiger partial charge is 0.432 e. The molecule has 0 radical (unpaired) electrons. The van der Waals surface area contributed by atoms with Crippen LogP contribution in [-0.4, -0.2) is 25.6 Å². The lowest BCUT2D eigenvalue weighted by molar-refractivity contribution is -0.251. The van der Waals surface area contributed by atoms with Crippen LogP contribution in [0.15, 0.2) is 42.5 Å². The molecule has 3 fully saturated rings. The summed E-state index contributed by atoms with van der Waals surface area (Å²) in [4.78, 5) is 0. The maximum atomic E-state index is 15.0. The van der Waals surface area contributed by atoms with E-state index >= 15 is 8.78 Å². The summed E-state index contributed by atoms with van der Waals surface area (Å²) in [6.45, 7) is 3.74. The lowest BCUT2D eigenvalue weighted by Crippen LogP contribution is -2.43. The van der Waals surface area contributed by atoms with Gasteiger partial charge in [-0.25, -0.2) is 4.39 Å². The molecule has 2 aliphatic carbocycles.